The Balaban J connectivity index is 2.92. The number of aromatic nitrogens is 1. The van der Waals surface area contributed by atoms with Crippen LogP contribution < -0.4 is 0 Å². The molecule has 0 fully saturated rings. The van der Waals surface area contributed by atoms with Crippen LogP contribution in [-0.4, -0.2) is 22.3 Å². The molecule has 1 heterocycles. The fourth-order valence-corrected chi connectivity index (χ4v) is 1.99. The fourth-order valence-electron chi connectivity index (χ4n) is 1.52. The number of benzene rings is 1. The summed E-state index contributed by atoms with van der Waals surface area (Å²) in [5, 5.41) is 9.51. The minimum atomic E-state index is -1.11. The predicted molar refractivity (Wildman–Crippen MR) is 58.3 cm³/mol. The Hall–Kier alpha value is -1.62. The maximum absolute atomic E-state index is 11.0. The number of fused-ring (bicyclic) bond motifs is 1. The van der Waals surface area contributed by atoms with Crippen molar-refractivity contribution in [3.63, 3.8) is 0 Å². The van der Waals surface area contributed by atoms with Crippen molar-refractivity contribution in [2.24, 2.45) is 0 Å². The smallest absolute Gasteiger partial charge is 0.338 e. The number of carbonyl (C=O) groups excluding carboxylic acids is 1. The zero-order valence-corrected chi connectivity index (χ0v) is 9.04. The molecule has 2 aromatic rings. The number of carboxylic acids is 1. The van der Waals surface area contributed by atoms with Gasteiger partial charge in [-0.1, -0.05) is 12.1 Å². The fraction of sp³-hybridized carbons (Fsp3) is 0. The lowest BCUT2D eigenvalue weighted by molar-refractivity contribution is 0.0696. The van der Waals surface area contributed by atoms with E-state index in [2.05, 4.69) is 20.9 Å². The molecule has 5 heteroatoms. The van der Waals surface area contributed by atoms with E-state index in [4.69, 9.17) is 5.11 Å². The van der Waals surface area contributed by atoms with Gasteiger partial charge in [0.05, 0.1) is 16.8 Å². The van der Waals surface area contributed by atoms with E-state index in [1.807, 2.05) is 0 Å². The summed E-state index contributed by atoms with van der Waals surface area (Å²) in [6.07, 6.45) is 0.510. The summed E-state index contributed by atoms with van der Waals surface area (Å²) in [6.45, 7) is 0. The van der Waals surface area contributed by atoms with E-state index < -0.39 is 5.97 Å². The minimum Gasteiger partial charge on any atom is -0.478 e. The van der Waals surface area contributed by atoms with Crippen LogP contribution in [0.3, 0.4) is 0 Å². The molecule has 0 unspecified atom stereocenters. The lowest BCUT2D eigenvalue weighted by Gasteiger charge is -1.93. The van der Waals surface area contributed by atoms with E-state index >= 15 is 0 Å². The first-order chi connectivity index (χ1) is 7.15. The van der Waals surface area contributed by atoms with Crippen LogP contribution in [0.2, 0.25) is 0 Å². The standard InChI is InChI=1S/C10H6BrNO3/c11-6-3-1-2-5-8(10(14)15)7(4-13)12-9(5)6/h1-4,12H,(H,14,15). The summed E-state index contributed by atoms with van der Waals surface area (Å²) in [7, 11) is 0. The SMILES string of the molecule is O=Cc1[nH]c2c(Br)cccc2c1C(=O)O. The number of aromatic carboxylic acids is 1. The maximum Gasteiger partial charge on any atom is 0.338 e. The summed E-state index contributed by atoms with van der Waals surface area (Å²) in [4.78, 5) is 24.4. The number of nitrogens with one attached hydrogen (secondary N) is 1. The molecule has 0 bridgehead atoms. The van der Waals surface area contributed by atoms with Crippen LogP contribution in [0.15, 0.2) is 22.7 Å². The van der Waals surface area contributed by atoms with Crippen molar-refractivity contribution in [3.8, 4) is 0 Å². The van der Waals surface area contributed by atoms with Crippen molar-refractivity contribution in [2.75, 3.05) is 0 Å². The molecule has 2 N–H and O–H groups in total. The monoisotopic (exact) mass is 267 g/mol. The van der Waals surface area contributed by atoms with E-state index in [1.54, 1.807) is 18.2 Å². The van der Waals surface area contributed by atoms with Crippen LogP contribution in [0.5, 0.6) is 0 Å². The highest BCUT2D eigenvalue weighted by atomic mass is 79.9. The Morgan fingerprint density at radius 3 is 2.80 bits per heavy atom. The first-order valence-electron chi connectivity index (χ1n) is 4.14. The van der Waals surface area contributed by atoms with Crippen LogP contribution in [0.4, 0.5) is 0 Å². The number of aldehydes is 1. The van der Waals surface area contributed by atoms with Crippen molar-refractivity contribution in [2.45, 2.75) is 0 Å². The molecule has 0 atom stereocenters. The van der Waals surface area contributed by atoms with E-state index in [-0.39, 0.29) is 11.3 Å². The van der Waals surface area contributed by atoms with Gasteiger partial charge < -0.3 is 10.1 Å². The third-order valence-electron chi connectivity index (χ3n) is 2.14. The minimum absolute atomic E-state index is 0.0151. The number of carbonyl (C=O) groups is 2. The van der Waals surface area contributed by atoms with Crippen LogP contribution in [-0.2, 0) is 0 Å². The van der Waals surface area contributed by atoms with Crippen LogP contribution in [0.25, 0.3) is 10.9 Å². The average Bonchev–Trinajstić information content (AvgIpc) is 2.57. The maximum atomic E-state index is 11.0. The number of rotatable bonds is 2. The normalized spacial score (nSPS) is 10.5. The van der Waals surface area contributed by atoms with Gasteiger partial charge in [0.1, 0.15) is 0 Å². The summed E-state index contributed by atoms with van der Waals surface area (Å²) in [5.74, 6) is -1.11. The van der Waals surface area contributed by atoms with Gasteiger partial charge in [-0.2, -0.15) is 0 Å². The van der Waals surface area contributed by atoms with Gasteiger partial charge in [0.25, 0.3) is 0 Å². The topological polar surface area (TPSA) is 70.2 Å². The number of hydrogen-bond acceptors (Lipinski definition) is 2. The van der Waals surface area contributed by atoms with E-state index in [9.17, 15) is 9.59 Å². The van der Waals surface area contributed by atoms with Gasteiger partial charge >= 0.3 is 5.97 Å². The summed E-state index contributed by atoms with van der Waals surface area (Å²) in [6, 6.07) is 5.16. The molecule has 4 nitrogen and oxygen atoms in total. The number of para-hydroxylation sites is 1. The van der Waals surface area contributed by atoms with Gasteiger partial charge in [-0.3, -0.25) is 4.79 Å². The molecule has 0 saturated carbocycles. The molecule has 15 heavy (non-hydrogen) atoms. The van der Waals surface area contributed by atoms with E-state index in [1.165, 1.54) is 0 Å². The molecule has 1 aromatic carbocycles. The van der Waals surface area contributed by atoms with Crippen molar-refractivity contribution < 1.29 is 14.7 Å². The molecular formula is C10H6BrNO3. The molecule has 0 aliphatic heterocycles. The van der Waals surface area contributed by atoms with Crippen LogP contribution in [0, 0.1) is 0 Å². The Morgan fingerprint density at radius 2 is 2.20 bits per heavy atom. The van der Waals surface area contributed by atoms with Gasteiger partial charge in [0.2, 0.25) is 0 Å². The van der Waals surface area contributed by atoms with E-state index in [0.717, 1.165) is 4.47 Å². The van der Waals surface area contributed by atoms with Gasteiger partial charge in [-0.05, 0) is 22.0 Å². The molecule has 0 spiro atoms. The highest BCUT2D eigenvalue weighted by Crippen LogP contribution is 2.27. The molecule has 0 amide bonds. The van der Waals surface area contributed by atoms with Crippen LogP contribution in [0.1, 0.15) is 20.8 Å². The molecule has 0 aliphatic rings. The van der Waals surface area contributed by atoms with Crippen molar-refractivity contribution in [1.82, 2.24) is 4.98 Å². The number of carboxylic acid groups (broad SMARTS) is 1. The Kier molecular flexibility index (Phi) is 2.32. The van der Waals surface area contributed by atoms with Crippen molar-refractivity contribution in [3.05, 3.63) is 33.9 Å². The van der Waals surface area contributed by atoms with Gasteiger partial charge in [-0.15, -0.1) is 0 Å². The van der Waals surface area contributed by atoms with Gasteiger partial charge in [0, 0.05) is 9.86 Å². The Labute approximate surface area is 93.0 Å². The number of aromatic amines is 1. The summed E-state index contributed by atoms with van der Waals surface area (Å²) < 4.78 is 0.732. The second-order valence-electron chi connectivity index (χ2n) is 3.00. The predicted octanol–water partition coefficient (Wildman–Crippen LogP) is 2.44. The molecule has 1 aromatic heterocycles. The molecule has 0 aliphatic carbocycles. The van der Waals surface area contributed by atoms with Crippen molar-refractivity contribution in [1.29, 1.82) is 0 Å². The third kappa shape index (κ3) is 1.45. The zero-order valence-electron chi connectivity index (χ0n) is 7.45. The Morgan fingerprint density at radius 1 is 1.47 bits per heavy atom. The van der Waals surface area contributed by atoms with Crippen LogP contribution >= 0.6 is 15.9 Å². The largest absolute Gasteiger partial charge is 0.478 e. The molecule has 0 saturated heterocycles. The highest BCUT2D eigenvalue weighted by Gasteiger charge is 2.17. The lowest BCUT2D eigenvalue weighted by Crippen LogP contribution is -1.99. The first kappa shape index (κ1) is 9.92. The Bertz CT molecular complexity index is 559. The number of H-pyrrole nitrogens is 1. The van der Waals surface area contributed by atoms with E-state index in [0.29, 0.717) is 17.2 Å². The number of hydrogen-bond donors (Lipinski definition) is 2. The quantitative estimate of drug-likeness (QED) is 0.822. The van der Waals surface area contributed by atoms with Crippen molar-refractivity contribution >= 4 is 39.1 Å². The van der Waals surface area contributed by atoms with Gasteiger partial charge in [0.15, 0.2) is 6.29 Å². The summed E-state index contributed by atoms with van der Waals surface area (Å²) >= 11 is 3.28. The molecule has 0 radical (unpaired) electrons. The third-order valence-corrected chi connectivity index (χ3v) is 2.80. The number of halogens is 1. The molecule has 2 rings (SSSR count). The molecular weight excluding hydrogens is 262 g/mol. The lowest BCUT2D eigenvalue weighted by atomic mass is 10.1. The highest BCUT2D eigenvalue weighted by molar-refractivity contribution is 9.10. The van der Waals surface area contributed by atoms with Gasteiger partial charge in [-0.25, -0.2) is 4.79 Å². The second-order valence-corrected chi connectivity index (χ2v) is 3.85. The summed E-state index contributed by atoms with van der Waals surface area (Å²) in [5.41, 5.74) is 0.725. The second kappa shape index (κ2) is 3.51. The zero-order chi connectivity index (χ0) is 11.0. The first-order valence-corrected chi connectivity index (χ1v) is 4.93. The molecule has 76 valence electrons. The average molecular weight is 268 g/mol.